The van der Waals surface area contributed by atoms with Crippen molar-refractivity contribution in [2.24, 2.45) is 5.92 Å². The van der Waals surface area contributed by atoms with Crippen LogP contribution in [0.5, 0.6) is 0 Å². The number of rotatable bonds is 9. The van der Waals surface area contributed by atoms with Gasteiger partial charge in [0.1, 0.15) is 5.82 Å². The van der Waals surface area contributed by atoms with Gasteiger partial charge in [-0.1, -0.05) is 18.2 Å². The number of nitrogens with zero attached hydrogens (tertiary/aromatic N) is 2. The van der Waals surface area contributed by atoms with Gasteiger partial charge in [0, 0.05) is 38.4 Å². The molecular formula is C15H22N2O2. The quantitative estimate of drug-likeness (QED) is 0.661. The Labute approximate surface area is 114 Å². The van der Waals surface area contributed by atoms with E-state index in [0.717, 1.165) is 11.4 Å². The zero-order valence-electron chi connectivity index (χ0n) is 11.2. The second-order valence-corrected chi connectivity index (χ2v) is 4.40. The first-order valence-electron chi connectivity index (χ1n) is 6.39. The van der Waals surface area contributed by atoms with E-state index in [2.05, 4.69) is 23.0 Å². The van der Waals surface area contributed by atoms with Crippen molar-refractivity contribution in [3.63, 3.8) is 0 Å². The minimum atomic E-state index is -0.155. The van der Waals surface area contributed by atoms with Crippen LogP contribution in [0.15, 0.2) is 43.6 Å². The highest BCUT2D eigenvalue weighted by molar-refractivity contribution is 5.48. The second kappa shape index (κ2) is 8.45. The van der Waals surface area contributed by atoms with Crippen molar-refractivity contribution in [1.82, 2.24) is 4.98 Å². The summed E-state index contributed by atoms with van der Waals surface area (Å²) in [6.45, 7) is 8.79. The Morgan fingerprint density at radius 3 is 2.37 bits per heavy atom. The molecule has 1 aromatic rings. The van der Waals surface area contributed by atoms with Crippen LogP contribution in [0.1, 0.15) is 5.56 Å². The van der Waals surface area contributed by atoms with Crippen molar-refractivity contribution in [2.75, 3.05) is 31.2 Å². The third kappa shape index (κ3) is 4.50. The molecule has 0 atom stereocenters. The van der Waals surface area contributed by atoms with Crippen LogP contribution in [-0.2, 0) is 6.42 Å². The Kier molecular flexibility index (Phi) is 6.85. The van der Waals surface area contributed by atoms with E-state index >= 15 is 0 Å². The maximum atomic E-state index is 9.20. The number of anilines is 1. The smallest absolute Gasteiger partial charge is 0.132 e. The summed E-state index contributed by atoms with van der Waals surface area (Å²) in [6, 6.07) is 3.84. The van der Waals surface area contributed by atoms with Crippen LogP contribution in [0.25, 0.3) is 0 Å². The van der Waals surface area contributed by atoms with Crippen LogP contribution in [0.2, 0.25) is 0 Å². The molecule has 0 amide bonds. The van der Waals surface area contributed by atoms with Gasteiger partial charge in [0.2, 0.25) is 0 Å². The van der Waals surface area contributed by atoms with Crippen molar-refractivity contribution in [2.45, 2.75) is 6.42 Å². The number of aliphatic hydroxyl groups excluding tert-OH is 2. The highest BCUT2D eigenvalue weighted by atomic mass is 16.3. The Hall–Kier alpha value is -1.65. The van der Waals surface area contributed by atoms with Crippen molar-refractivity contribution in [3.05, 3.63) is 49.2 Å². The minimum Gasteiger partial charge on any atom is -0.396 e. The molecule has 0 spiro atoms. The summed E-state index contributed by atoms with van der Waals surface area (Å²) in [5.74, 6) is 0.700. The molecule has 0 unspecified atom stereocenters. The molecule has 1 aromatic heterocycles. The lowest BCUT2D eigenvalue weighted by molar-refractivity contribution is 0.150. The Balaban J connectivity index is 2.97. The molecule has 104 valence electrons. The third-order valence-corrected chi connectivity index (χ3v) is 2.89. The zero-order valence-corrected chi connectivity index (χ0v) is 11.2. The van der Waals surface area contributed by atoms with E-state index in [-0.39, 0.29) is 19.1 Å². The largest absolute Gasteiger partial charge is 0.396 e. The lowest BCUT2D eigenvalue weighted by atomic mass is 10.0. The van der Waals surface area contributed by atoms with E-state index in [4.69, 9.17) is 0 Å². The summed E-state index contributed by atoms with van der Waals surface area (Å²) >= 11 is 0. The second-order valence-electron chi connectivity index (χ2n) is 4.40. The maximum absolute atomic E-state index is 9.20. The molecule has 19 heavy (non-hydrogen) atoms. The van der Waals surface area contributed by atoms with Gasteiger partial charge in [0.05, 0.1) is 0 Å². The summed E-state index contributed by atoms with van der Waals surface area (Å²) in [7, 11) is 0. The zero-order chi connectivity index (χ0) is 14.1. The molecule has 1 heterocycles. The van der Waals surface area contributed by atoms with Gasteiger partial charge in [0.25, 0.3) is 0 Å². The fourth-order valence-corrected chi connectivity index (χ4v) is 1.93. The molecule has 0 fully saturated rings. The van der Waals surface area contributed by atoms with Crippen molar-refractivity contribution in [1.29, 1.82) is 0 Å². The van der Waals surface area contributed by atoms with E-state index in [1.54, 1.807) is 6.20 Å². The molecule has 0 aliphatic rings. The van der Waals surface area contributed by atoms with E-state index in [9.17, 15) is 10.2 Å². The molecule has 4 nitrogen and oxygen atoms in total. The summed E-state index contributed by atoms with van der Waals surface area (Å²) in [4.78, 5) is 6.46. The fraction of sp³-hybridized carbons (Fsp3) is 0.400. The first kappa shape index (κ1) is 15.4. The predicted octanol–water partition coefficient (Wildman–Crippen LogP) is 1.40. The van der Waals surface area contributed by atoms with E-state index < -0.39 is 0 Å². The van der Waals surface area contributed by atoms with Crippen LogP contribution >= 0.6 is 0 Å². The number of hydrogen-bond donors (Lipinski definition) is 2. The lowest BCUT2D eigenvalue weighted by Gasteiger charge is -2.24. The van der Waals surface area contributed by atoms with Crippen molar-refractivity contribution in [3.8, 4) is 0 Å². The van der Waals surface area contributed by atoms with E-state index in [1.807, 2.05) is 24.3 Å². The number of aliphatic hydroxyl groups is 2. The molecule has 1 rings (SSSR count). The molecule has 0 bridgehead atoms. The van der Waals surface area contributed by atoms with Gasteiger partial charge in [-0.15, -0.1) is 13.2 Å². The molecule has 0 aromatic carbocycles. The normalized spacial score (nSPS) is 10.5. The molecule has 2 N–H and O–H groups in total. The van der Waals surface area contributed by atoms with Crippen LogP contribution in [0.4, 0.5) is 5.82 Å². The van der Waals surface area contributed by atoms with Gasteiger partial charge in [-0.2, -0.15) is 0 Å². The highest BCUT2D eigenvalue weighted by Crippen LogP contribution is 2.20. The molecule has 4 heteroatoms. The first-order chi connectivity index (χ1) is 9.26. The summed E-state index contributed by atoms with van der Waals surface area (Å²) < 4.78 is 0. The average molecular weight is 262 g/mol. The first-order valence-corrected chi connectivity index (χ1v) is 6.39. The van der Waals surface area contributed by atoms with Gasteiger partial charge in [0.15, 0.2) is 0 Å². The monoisotopic (exact) mass is 262 g/mol. The van der Waals surface area contributed by atoms with Gasteiger partial charge in [-0.25, -0.2) is 4.98 Å². The van der Waals surface area contributed by atoms with Crippen molar-refractivity contribution >= 4 is 5.82 Å². The third-order valence-electron chi connectivity index (χ3n) is 2.89. The Morgan fingerprint density at radius 2 is 1.84 bits per heavy atom. The molecule has 0 aliphatic carbocycles. The molecule has 0 aliphatic heterocycles. The topological polar surface area (TPSA) is 56.6 Å². The van der Waals surface area contributed by atoms with Crippen LogP contribution in [0.3, 0.4) is 0 Å². The van der Waals surface area contributed by atoms with E-state index in [0.29, 0.717) is 19.5 Å². The predicted molar refractivity (Wildman–Crippen MR) is 78.2 cm³/mol. The summed E-state index contributed by atoms with van der Waals surface area (Å²) in [5, 5.41) is 18.4. The number of aromatic nitrogens is 1. The standard InChI is InChI=1S/C15H22N2O2/c1-3-8-17(9-4-2)15-14(6-5-7-16-15)10-13(11-18)12-19/h3-7,13,18-19H,1-2,8-12H2. The summed E-state index contributed by atoms with van der Waals surface area (Å²) in [5.41, 5.74) is 1.01. The van der Waals surface area contributed by atoms with Gasteiger partial charge < -0.3 is 15.1 Å². The van der Waals surface area contributed by atoms with Gasteiger partial charge >= 0.3 is 0 Å². The SMILES string of the molecule is C=CCN(CC=C)c1ncccc1CC(CO)CO. The summed E-state index contributed by atoms with van der Waals surface area (Å²) in [6.07, 6.45) is 5.97. The van der Waals surface area contributed by atoms with Crippen LogP contribution < -0.4 is 4.90 Å². The van der Waals surface area contributed by atoms with Crippen molar-refractivity contribution < 1.29 is 10.2 Å². The van der Waals surface area contributed by atoms with Crippen LogP contribution in [-0.4, -0.2) is 41.5 Å². The number of hydrogen-bond acceptors (Lipinski definition) is 4. The number of pyridine rings is 1. The molecule has 0 radical (unpaired) electrons. The molecule has 0 saturated heterocycles. The van der Waals surface area contributed by atoms with Gasteiger partial charge in [-0.05, 0) is 18.1 Å². The fourth-order valence-electron chi connectivity index (χ4n) is 1.93. The van der Waals surface area contributed by atoms with E-state index in [1.165, 1.54) is 0 Å². The maximum Gasteiger partial charge on any atom is 0.132 e. The molecule has 0 saturated carbocycles. The Bertz CT molecular complexity index is 393. The average Bonchev–Trinajstić information content (AvgIpc) is 2.45. The minimum absolute atomic E-state index is 0.0340. The van der Waals surface area contributed by atoms with Gasteiger partial charge in [-0.3, -0.25) is 0 Å². The highest BCUT2D eigenvalue weighted by Gasteiger charge is 2.14. The molecular weight excluding hydrogens is 240 g/mol. The lowest BCUT2D eigenvalue weighted by Crippen LogP contribution is -2.26. The van der Waals surface area contributed by atoms with Crippen LogP contribution in [0, 0.1) is 5.92 Å². The Morgan fingerprint density at radius 1 is 1.21 bits per heavy atom.